The molecule has 0 amide bonds. The van der Waals surface area contributed by atoms with Gasteiger partial charge in [-0.2, -0.15) is 0 Å². The minimum Gasteiger partial charge on any atom is -0.369 e. The van der Waals surface area contributed by atoms with Gasteiger partial charge in [-0.25, -0.2) is 4.98 Å². The Hall–Kier alpha value is -1.09. The Balaban J connectivity index is 2.16. The summed E-state index contributed by atoms with van der Waals surface area (Å²) in [4.78, 5) is 4.39. The van der Waals surface area contributed by atoms with E-state index in [9.17, 15) is 0 Å². The predicted molar refractivity (Wildman–Crippen MR) is 69.8 cm³/mol. The summed E-state index contributed by atoms with van der Waals surface area (Å²) in [5, 5.41) is 6.79. The first-order valence-corrected chi connectivity index (χ1v) is 6.13. The van der Waals surface area contributed by atoms with Crippen molar-refractivity contribution >= 4 is 5.82 Å². The van der Waals surface area contributed by atoms with Crippen LogP contribution in [0.25, 0.3) is 0 Å². The summed E-state index contributed by atoms with van der Waals surface area (Å²) in [6.45, 7) is 8.36. The van der Waals surface area contributed by atoms with Crippen molar-refractivity contribution in [2.24, 2.45) is 0 Å². The largest absolute Gasteiger partial charge is 0.369 e. The Kier molecular flexibility index (Phi) is 5.86. The molecular weight excluding hydrogens is 198 g/mol. The van der Waals surface area contributed by atoms with Gasteiger partial charge in [-0.3, -0.25) is 0 Å². The van der Waals surface area contributed by atoms with Crippen LogP contribution in [-0.2, 0) is 0 Å². The molecule has 1 unspecified atom stereocenters. The van der Waals surface area contributed by atoms with E-state index >= 15 is 0 Å². The third kappa shape index (κ3) is 5.12. The number of pyridine rings is 1. The lowest BCUT2D eigenvalue weighted by molar-refractivity contribution is 0.519. The van der Waals surface area contributed by atoms with E-state index in [2.05, 4.69) is 29.5 Å². The summed E-state index contributed by atoms with van der Waals surface area (Å²) in [6, 6.07) is 6.64. The van der Waals surface area contributed by atoms with Crippen LogP contribution in [0.5, 0.6) is 0 Å². The highest BCUT2D eigenvalue weighted by Crippen LogP contribution is 2.02. The van der Waals surface area contributed by atoms with Crippen LogP contribution in [-0.4, -0.2) is 24.1 Å². The van der Waals surface area contributed by atoms with Crippen molar-refractivity contribution < 1.29 is 0 Å². The third-order valence-electron chi connectivity index (χ3n) is 2.53. The second-order valence-electron chi connectivity index (χ2n) is 4.23. The van der Waals surface area contributed by atoms with Crippen molar-refractivity contribution in [3.8, 4) is 0 Å². The zero-order chi connectivity index (χ0) is 11.8. The van der Waals surface area contributed by atoms with Crippen molar-refractivity contribution in [3.05, 3.63) is 23.9 Å². The minimum atomic E-state index is 0.609. The average molecular weight is 221 g/mol. The van der Waals surface area contributed by atoms with E-state index in [4.69, 9.17) is 0 Å². The van der Waals surface area contributed by atoms with Crippen LogP contribution < -0.4 is 10.6 Å². The highest BCUT2D eigenvalue weighted by atomic mass is 15.0. The van der Waals surface area contributed by atoms with Crippen LogP contribution >= 0.6 is 0 Å². The van der Waals surface area contributed by atoms with Crippen molar-refractivity contribution in [2.45, 2.75) is 39.7 Å². The summed E-state index contributed by atoms with van der Waals surface area (Å²) in [5.41, 5.74) is 1.05. The van der Waals surface area contributed by atoms with E-state index in [1.165, 1.54) is 12.8 Å². The molecule has 1 aromatic heterocycles. The monoisotopic (exact) mass is 221 g/mol. The zero-order valence-corrected chi connectivity index (χ0v) is 10.6. The molecule has 1 aromatic rings. The zero-order valence-electron chi connectivity index (χ0n) is 10.6. The first kappa shape index (κ1) is 13.0. The van der Waals surface area contributed by atoms with Crippen LogP contribution in [0, 0.1) is 6.92 Å². The molecule has 16 heavy (non-hydrogen) atoms. The first-order chi connectivity index (χ1) is 7.72. The topological polar surface area (TPSA) is 37.0 Å². The lowest BCUT2D eigenvalue weighted by Gasteiger charge is -2.13. The van der Waals surface area contributed by atoms with Gasteiger partial charge in [-0.15, -0.1) is 0 Å². The quantitative estimate of drug-likeness (QED) is 0.695. The predicted octanol–water partition coefficient (Wildman–Crippen LogP) is 2.58. The normalized spacial score (nSPS) is 12.4. The van der Waals surface area contributed by atoms with Gasteiger partial charge in [0.1, 0.15) is 5.82 Å². The van der Waals surface area contributed by atoms with Crippen molar-refractivity contribution in [1.29, 1.82) is 0 Å². The maximum Gasteiger partial charge on any atom is 0.126 e. The molecule has 0 aliphatic carbocycles. The standard InChI is InChI=1S/C13H23N3/c1-4-6-11(2)14-9-10-15-13-8-5-7-12(3)16-13/h5,7-8,11,14H,4,6,9-10H2,1-3H3,(H,15,16). The van der Waals surface area contributed by atoms with Gasteiger partial charge >= 0.3 is 0 Å². The van der Waals surface area contributed by atoms with Gasteiger partial charge in [0.05, 0.1) is 0 Å². The lowest BCUT2D eigenvalue weighted by Crippen LogP contribution is -2.30. The summed E-state index contributed by atoms with van der Waals surface area (Å²) in [5.74, 6) is 0.963. The van der Waals surface area contributed by atoms with E-state index in [1.54, 1.807) is 0 Å². The molecule has 0 saturated heterocycles. The van der Waals surface area contributed by atoms with Gasteiger partial charge in [-0.1, -0.05) is 19.4 Å². The summed E-state index contributed by atoms with van der Waals surface area (Å²) >= 11 is 0. The first-order valence-electron chi connectivity index (χ1n) is 6.13. The number of nitrogens with zero attached hydrogens (tertiary/aromatic N) is 1. The highest BCUT2D eigenvalue weighted by molar-refractivity contribution is 5.34. The maximum absolute atomic E-state index is 4.39. The second-order valence-corrected chi connectivity index (χ2v) is 4.23. The molecule has 0 aliphatic rings. The van der Waals surface area contributed by atoms with Crippen molar-refractivity contribution in [3.63, 3.8) is 0 Å². The second kappa shape index (κ2) is 7.23. The van der Waals surface area contributed by atoms with Gasteiger partial charge < -0.3 is 10.6 Å². The summed E-state index contributed by atoms with van der Waals surface area (Å²) in [7, 11) is 0. The Labute approximate surface area is 98.7 Å². The number of aryl methyl sites for hydroxylation is 1. The molecule has 3 heteroatoms. The van der Waals surface area contributed by atoms with Gasteiger partial charge in [-0.05, 0) is 32.4 Å². The highest BCUT2D eigenvalue weighted by Gasteiger charge is 1.98. The number of hydrogen-bond donors (Lipinski definition) is 2. The van der Waals surface area contributed by atoms with Gasteiger partial charge in [0, 0.05) is 24.8 Å². The van der Waals surface area contributed by atoms with E-state index in [0.29, 0.717) is 6.04 Å². The number of aromatic nitrogens is 1. The summed E-state index contributed by atoms with van der Waals surface area (Å²) < 4.78 is 0. The maximum atomic E-state index is 4.39. The molecule has 0 bridgehead atoms. The van der Waals surface area contributed by atoms with E-state index in [-0.39, 0.29) is 0 Å². The van der Waals surface area contributed by atoms with E-state index < -0.39 is 0 Å². The molecular formula is C13H23N3. The molecule has 1 atom stereocenters. The van der Waals surface area contributed by atoms with Gasteiger partial charge in [0.15, 0.2) is 0 Å². The molecule has 3 nitrogen and oxygen atoms in total. The van der Waals surface area contributed by atoms with Crippen LogP contribution in [0.2, 0.25) is 0 Å². The Morgan fingerprint density at radius 3 is 2.81 bits per heavy atom. The number of anilines is 1. The number of hydrogen-bond acceptors (Lipinski definition) is 3. The van der Waals surface area contributed by atoms with Crippen LogP contribution in [0.3, 0.4) is 0 Å². The Morgan fingerprint density at radius 1 is 1.31 bits per heavy atom. The fourth-order valence-electron chi connectivity index (χ4n) is 1.69. The Bertz CT molecular complexity index is 299. The molecule has 0 fully saturated rings. The smallest absolute Gasteiger partial charge is 0.126 e. The molecule has 0 aliphatic heterocycles. The molecule has 0 aromatic carbocycles. The number of rotatable bonds is 7. The van der Waals surface area contributed by atoms with Crippen LogP contribution in [0.4, 0.5) is 5.82 Å². The molecule has 1 heterocycles. The fraction of sp³-hybridized carbons (Fsp3) is 0.615. The fourth-order valence-corrected chi connectivity index (χ4v) is 1.69. The molecule has 2 N–H and O–H groups in total. The molecule has 90 valence electrons. The lowest BCUT2D eigenvalue weighted by atomic mass is 10.2. The molecule has 0 saturated carbocycles. The van der Waals surface area contributed by atoms with Crippen LogP contribution in [0.1, 0.15) is 32.4 Å². The van der Waals surface area contributed by atoms with Gasteiger partial charge in [0.2, 0.25) is 0 Å². The van der Waals surface area contributed by atoms with Gasteiger partial charge in [0.25, 0.3) is 0 Å². The summed E-state index contributed by atoms with van der Waals surface area (Å²) in [6.07, 6.45) is 2.48. The van der Waals surface area contributed by atoms with Crippen molar-refractivity contribution in [1.82, 2.24) is 10.3 Å². The Morgan fingerprint density at radius 2 is 2.12 bits per heavy atom. The molecule has 0 radical (unpaired) electrons. The SMILES string of the molecule is CCCC(C)NCCNc1cccc(C)n1. The average Bonchev–Trinajstić information content (AvgIpc) is 2.25. The molecule has 0 spiro atoms. The van der Waals surface area contributed by atoms with Crippen molar-refractivity contribution in [2.75, 3.05) is 18.4 Å². The molecule has 1 rings (SSSR count). The van der Waals surface area contributed by atoms with Crippen LogP contribution in [0.15, 0.2) is 18.2 Å². The van der Waals surface area contributed by atoms with E-state index in [1.807, 2.05) is 25.1 Å². The third-order valence-corrected chi connectivity index (χ3v) is 2.53. The minimum absolute atomic E-state index is 0.609. The number of nitrogens with one attached hydrogen (secondary N) is 2. The van der Waals surface area contributed by atoms with E-state index in [0.717, 1.165) is 24.6 Å².